The third-order valence-corrected chi connectivity index (χ3v) is 7.06. The van der Waals surface area contributed by atoms with Gasteiger partial charge in [0.25, 0.3) is 0 Å². The first kappa shape index (κ1) is 23.4. The number of anilines is 1. The molecule has 2 N–H and O–H groups in total. The monoisotopic (exact) mass is 501 g/mol. The Bertz CT molecular complexity index is 1470. The maximum atomic E-state index is 14.3. The number of pyridine rings is 2. The van der Waals surface area contributed by atoms with Crippen LogP contribution < -0.4 is 10.2 Å². The van der Waals surface area contributed by atoms with Crippen molar-refractivity contribution in [3.63, 3.8) is 0 Å². The van der Waals surface area contributed by atoms with Gasteiger partial charge in [-0.3, -0.25) is 9.97 Å². The van der Waals surface area contributed by atoms with Crippen molar-refractivity contribution >= 4 is 22.8 Å². The number of hydrogen-bond acceptors (Lipinski definition) is 7. The molecule has 9 heteroatoms. The zero-order valence-corrected chi connectivity index (χ0v) is 19.9. The smallest absolute Gasteiger partial charge is 0.126 e. The number of hydrogen-bond donors (Lipinski definition) is 2. The molecule has 2 fully saturated rings. The van der Waals surface area contributed by atoms with Gasteiger partial charge in [-0.1, -0.05) is 17.3 Å². The van der Waals surface area contributed by atoms with E-state index in [0.29, 0.717) is 30.0 Å². The number of aromatic nitrogens is 2. The fourth-order valence-corrected chi connectivity index (χ4v) is 5.40. The van der Waals surface area contributed by atoms with Gasteiger partial charge in [-0.05, 0) is 47.9 Å². The molecular formula is C28H25F2N5O2. The van der Waals surface area contributed by atoms with Gasteiger partial charge in [-0.2, -0.15) is 0 Å². The van der Waals surface area contributed by atoms with Gasteiger partial charge >= 0.3 is 0 Å². The highest BCUT2D eigenvalue weighted by Crippen LogP contribution is 2.40. The van der Waals surface area contributed by atoms with Crippen LogP contribution in [0.25, 0.3) is 33.2 Å². The lowest BCUT2D eigenvalue weighted by Crippen LogP contribution is -2.57. The van der Waals surface area contributed by atoms with Gasteiger partial charge in [-0.25, -0.2) is 8.78 Å². The maximum Gasteiger partial charge on any atom is 0.126 e. The van der Waals surface area contributed by atoms with Crippen molar-refractivity contribution < 1.29 is 18.7 Å². The van der Waals surface area contributed by atoms with Gasteiger partial charge in [0.05, 0.1) is 35.8 Å². The van der Waals surface area contributed by atoms with Crippen molar-refractivity contribution in [2.75, 3.05) is 31.1 Å². The average molecular weight is 502 g/mol. The third-order valence-electron chi connectivity index (χ3n) is 7.06. The molecule has 0 saturated carbocycles. The summed E-state index contributed by atoms with van der Waals surface area (Å²) in [6.45, 7) is 2.87. The Hall–Kier alpha value is -3.95. The molecule has 0 bridgehead atoms. The number of benzene rings is 2. The van der Waals surface area contributed by atoms with E-state index in [4.69, 9.17) is 9.94 Å². The van der Waals surface area contributed by atoms with E-state index in [1.54, 1.807) is 12.4 Å². The molecule has 0 spiro atoms. The van der Waals surface area contributed by atoms with E-state index in [9.17, 15) is 8.78 Å². The van der Waals surface area contributed by atoms with Gasteiger partial charge in [0, 0.05) is 60.6 Å². The largest absolute Gasteiger partial charge is 0.411 e. The molecule has 2 saturated heterocycles. The number of morpholine rings is 1. The molecular weight excluding hydrogens is 476 g/mol. The number of nitrogens with zero attached hydrogens (tertiary/aromatic N) is 4. The van der Waals surface area contributed by atoms with Gasteiger partial charge in [0.2, 0.25) is 0 Å². The molecule has 2 aromatic carbocycles. The Morgan fingerprint density at radius 2 is 1.92 bits per heavy atom. The first-order chi connectivity index (χ1) is 18.1. The second-order valence-corrected chi connectivity index (χ2v) is 9.30. The van der Waals surface area contributed by atoms with Gasteiger partial charge < -0.3 is 20.2 Å². The van der Waals surface area contributed by atoms with Crippen LogP contribution in [-0.2, 0) is 4.74 Å². The van der Waals surface area contributed by atoms with E-state index >= 15 is 0 Å². The quantitative estimate of drug-likeness (QED) is 0.241. The van der Waals surface area contributed by atoms with E-state index in [2.05, 4.69) is 25.3 Å². The summed E-state index contributed by atoms with van der Waals surface area (Å²) in [7, 11) is 0. The molecule has 0 amide bonds. The van der Waals surface area contributed by atoms with Crippen molar-refractivity contribution in [3.05, 3.63) is 78.3 Å². The summed E-state index contributed by atoms with van der Waals surface area (Å²) in [5, 5.41) is 16.7. The van der Waals surface area contributed by atoms with E-state index in [1.807, 2.05) is 30.3 Å². The summed E-state index contributed by atoms with van der Waals surface area (Å²) in [6, 6.07) is 13.4. The summed E-state index contributed by atoms with van der Waals surface area (Å²) >= 11 is 0. The van der Waals surface area contributed by atoms with Crippen LogP contribution >= 0.6 is 0 Å². The predicted octanol–water partition coefficient (Wildman–Crippen LogP) is 4.62. The SMILES string of the molecule is O/N=C/c1ncccc1-c1ccc2ncc(-c3cc(F)cc(F)c3)c(N3CC[C@H]4NCCO[C@@H]4C3)c2c1. The number of rotatable bonds is 4. The highest BCUT2D eigenvalue weighted by atomic mass is 19.1. The van der Waals surface area contributed by atoms with Crippen molar-refractivity contribution in [1.82, 2.24) is 15.3 Å². The van der Waals surface area contributed by atoms with Crippen LogP contribution in [0.1, 0.15) is 12.1 Å². The number of halogens is 2. The van der Waals surface area contributed by atoms with Crippen molar-refractivity contribution in [1.29, 1.82) is 0 Å². The van der Waals surface area contributed by atoms with Crippen LogP contribution in [0.2, 0.25) is 0 Å². The van der Waals surface area contributed by atoms with Crippen molar-refractivity contribution in [3.8, 4) is 22.3 Å². The Morgan fingerprint density at radius 3 is 2.76 bits per heavy atom. The summed E-state index contributed by atoms with van der Waals surface area (Å²) in [4.78, 5) is 11.2. The normalized spacial score (nSPS) is 19.9. The van der Waals surface area contributed by atoms with Gasteiger partial charge in [0.1, 0.15) is 11.6 Å². The molecule has 2 aliphatic rings. The van der Waals surface area contributed by atoms with E-state index in [1.165, 1.54) is 18.3 Å². The fraction of sp³-hybridized carbons (Fsp3) is 0.250. The fourth-order valence-electron chi connectivity index (χ4n) is 5.40. The highest BCUT2D eigenvalue weighted by Gasteiger charge is 2.33. The van der Waals surface area contributed by atoms with E-state index < -0.39 is 11.6 Å². The number of ether oxygens (including phenoxy) is 1. The minimum Gasteiger partial charge on any atom is -0.411 e. The summed E-state index contributed by atoms with van der Waals surface area (Å²) in [6.07, 6.45) is 5.50. The van der Waals surface area contributed by atoms with E-state index in [0.717, 1.165) is 53.3 Å². The molecule has 0 unspecified atom stereocenters. The maximum absolute atomic E-state index is 14.3. The lowest BCUT2D eigenvalue weighted by Gasteiger charge is -2.43. The van der Waals surface area contributed by atoms with Gasteiger partial charge in [-0.15, -0.1) is 0 Å². The van der Waals surface area contributed by atoms with Gasteiger partial charge in [0.15, 0.2) is 0 Å². The average Bonchev–Trinajstić information content (AvgIpc) is 2.92. The van der Waals surface area contributed by atoms with Crippen LogP contribution in [-0.4, -0.2) is 59.8 Å². The molecule has 4 aromatic rings. The minimum absolute atomic E-state index is 0.0108. The summed E-state index contributed by atoms with van der Waals surface area (Å²) in [5.74, 6) is -1.28. The number of piperidine rings is 1. The molecule has 0 radical (unpaired) electrons. The number of oxime groups is 1. The Balaban J connectivity index is 1.55. The highest BCUT2D eigenvalue weighted by molar-refractivity contribution is 6.02. The summed E-state index contributed by atoms with van der Waals surface area (Å²) in [5.41, 5.74) is 4.83. The second-order valence-electron chi connectivity index (χ2n) is 9.30. The van der Waals surface area contributed by atoms with Crippen LogP contribution in [0, 0.1) is 11.6 Å². The molecule has 0 aliphatic carbocycles. The molecule has 7 nitrogen and oxygen atoms in total. The van der Waals surface area contributed by atoms with Crippen molar-refractivity contribution in [2.24, 2.45) is 5.16 Å². The molecule has 2 aliphatic heterocycles. The van der Waals surface area contributed by atoms with Crippen LogP contribution in [0.4, 0.5) is 14.5 Å². The molecule has 4 heterocycles. The predicted molar refractivity (Wildman–Crippen MR) is 138 cm³/mol. The first-order valence-electron chi connectivity index (χ1n) is 12.2. The van der Waals surface area contributed by atoms with Crippen molar-refractivity contribution in [2.45, 2.75) is 18.6 Å². The molecule has 6 rings (SSSR count). The first-order valence-corrected chi connectivity index (χ1v) is 12.2. The van der Waals surface area contributed by atoms with Crippen LogP contribution in [0.3, 0.4) is 0 Å². The Morgan fingerprint density at radius 1 is 1.05 bits per heavy atom. The lowest BCUT2D eigenvalue weighted by molar-refractivity contribution is -0.00896. The summed E-state index contributed by atoms with van der Waals surface area (Å²) < 4.78 is 34.6. The van der Waals surface area contributed by atoms with E-state index in [-0.39, 0.29) is 12.1 Å². The standard InChI is InChI=1S/C28H25F2N5O2/c29-19-10-18(11-20(30)13-19)23-14-33-24-4-3-17(21-2-1-6-31-26(21)15-34-36)12-22(24)28(23)35-8-5-25-27(16-35)37-9-7-32-25/h1-4,6,10-15,25,27,32,36H,5,7-9,16H2/b34-15+/t25-,27-/m1/s1. The lowest BCUT2D eigenvalue weighted by atomic mass is 9.94. The Kier molecular flexibility index (Phi) is 6.23. The second kappa shape index (κ2) is 9.84. The Labute approximate surface area is 212 Å². The molecule has 188 valence electrons. The topological polar surface area (TPSA) is 82.9 Å². The molecule has 37 heavy (non-hydrogen) atoms. The zero-order chi connectivity index (χ0) is 25.4. The molecule has 2 atom stereocenters. The minimum atomic E-state index is -0.642. The number of fused-ring (bicyclic) bond motifs is 2. The third kappa shape index (κ3) is 4.52. The van der Waals surface area contributed by atoms with Crippen LogP contribution in [0.5, 0.6) is 0 Å². The van der Waals surface area contributed by atoms with Crippen LogP contribution in [0.15, 0.2) is 66.1 Å². The zero-order valence-electron chi connectivity index (χ0n) is 19.9. The molecule has 2 aromatic heterocycles. The number of nitrogens with one attached hydrogen (secondary N) is 1.